The molecular weight excluding hydrogens is 238 g/mol. The molecule has 104 valence electrons. The first kappa shape index (κ1) is 12.8. The summed E-state index contributed by atoms with van der Waals surface area (Å²) in [4.78, 5) is 0. The van der Waals surface area contributed by atoms with Crippen LogP contribution in [0.3, 0.4) is 0 Å². The maximum atomic E-state index is 5.92. The van der Waals surface area contributed by atoms with Crippen LogP contribution in [0.2, 0.25) is 0 Å². The van der Waals surface area contributed by atoms with Gasteiger partial charge >= 0.3 is 0 Å². The topological polar surface area (TPSA) is 30.5 Å². The molecule has 0 saturated carbocycles. The quantitative estimate of drug-likeness (QED) is 0.888. The van der Waals surface area contributed by atoms with Crippen molar-refractivity contribution in [2.75, 3.05) is 19.8 Å². The van der Waals surface area contributed by atoms with Gasteiger partial charge in [-0.1, -0.05) is 19.9 Å². The van der Waals surface area contributed by atoms with Crippen LogP contribution in [0.25, 0.3) is 0 Å². The van der Waals surface area contributed by atoms with Crippen molar-refractivity contribution in [3.8, 4) is 11.5 Å². The van der Waals surface area contributed by atoms with Gasteiger partial charge in [-0.2, -0.15) is 0 Å². The summed E-state index contributed by atoms with van der Waals surface area (Å²) in [6.07, 6.45) is 3.66. The van der Waals surface area contributed by atoms with Gasteiger partial charge in [-0.05, 0) is 43.5 Å². The van der Waals surface area contributed by atoms with Crippen molar-refractivity contribution in [1.82, 2.24) is 5.32 Å². The molecule has 1 saturated heterocycles. The fourth-order valence-corrected chi connectivity index (χ4v) is 2.71. The minimum Gasteiger partial charge on any atom is -0.489 e. The van der Waals surface area contributed by atoms with Gasteiger partial charge in [0.1, 0.15) is 0 Å². The third-order valence-corrected chi connectivity index (χ3v) is 3.89. The maximum Gasteiger partial charge on any atom is 0.161 e. The lowest BCUT2D eigenvalue weighted by molar-refractivity contribution is 0.140. The smallest absolute Gasteiger partial charge is 0.161 e. The zero-order valence-electron chi connectivity index (χ0n) is 11.9. The Hall–Kier alpha value is -1.22. The Morgan fingerprint density at radius 3 is 2.74 bits per heavy atom. The van der Waals surface area contributed by atoms with Crippen molar-refractivity contribution in [3.63, 3.8) is 0 Å². The fraction of sp³-hybridized carbons (Fsp3) is 0.625. The van der Waals surface area contributed by atoms with Crippen LogP contribution in [0.1, 0.15) is 32.3 Å². The highest BCUT2D eigenvalue weighted by Crippen LogP contribution is 2.34. The molecule has 3 nitrogen and oxygen atoms in total. The highest BCUT2D eigenvalue weighted by molar-refractivity contribution is 5.43. The molecule has 1 aromatic carbocycles. The third kappa shape index (κ3) is 3.03. The summed E-state index contributed by atoms with van der Waals surface area (Å²) < 4.78 is 11.8. The van der Waals surface area contributed by atoms with Gasteiger partial charge in [0.25, 0.3) is 0 Å². The van der Waals surface area contributed by atoms with Gasteiger partial charge < -0.3 is 14.8 Å². The molecule has 1 atom stereocenters. The Balaban J connectivity index is 1.74. The van der Waals surface area contributed by atoms with Gasteiger partial charge in [0.05, 0.1) is 13.2 Å². The largest absolute Gasteiger partial charge is 0.489 e. The number of hydrogen-bond acceptors (Lipinski definition) is 3. The van der Waals surface area contributed by atoms with Gasteiger partial charge in [-0.25, -0.2) is 0 Å². The van der Waals surface area contributed by atoms with Gasteiger partial charge in [-0.3, -0.25) is 0 Å². The molecule has 1 unspecified atom stereocenters. The van der Waals surface area contributed by atoms with Crippen LogP contribution in [0, 0.1) is 5.41 Å². The van der Waals surface area contributed by atoms with E-state index in [4.69, 9.17) is 9.47 Å². The van der Waals surface area contributed by atoms with Crippen molar-refractivity contribution in [2.45, 2.75) is 39.2 Å². The summed E-state index contributed by atoms with van der Waals surface area (Å²) in [6.45, 7) is 6.92. The zero-order valence-corrected chi connectivity index (χ0v) is 11.9. The lowest BCUT2D eigenvalue weighted by atomic mass is 9.97. The van der Waals surface area contributed by atoms with E-state index < -0.39 is 0 Å². The molecule has 2 aliphatic heterocycles. The van der Waals surface area contributed by atoms with Crippen LogP contribution >= 0.6 is 0 Å². The molecule has 1 N–H and O–H groups in total. The molecule has 19 heavy (non-hydrogen) atoms. The number of hydrogen-bond donors (Lipinski definition) is 1. The monoisotopic (exact) mass is 261 g/mol. The van der Waals surface area contributed by atoms with Crippen molar-refractivity contribution in [1.29, 1.82) is 0 Å². The van der Waals surface area contributed by atoms with Gasteiger partial charge in [0.2, 0.25) is 0 Å². The molecule has 1 aromatic rings. The Morgan fingerprint density at radius 2 is 2.00 bits per heavy atom. The Kier molecular flexibility index (Phi) is 3.40. The van der Waals surface area contributed by atoms with E-state index in [0.717, 1.165) is 24.5 Å². The highest BCUT2D eigenvalue weighted by Gasteiger charge is 2.25. The van der Waals surface area contributed by atoms with Gasteiger partial charge in [0, 0.05) is 11.5 Å². The van der Waals surface area contributed by atoms with Crippen LogP contribution in [0.4, 0.5) is 0 Å². The number of nitrogens with one attached hydrogen (secondary N) is 1. The molecule has 0 spiro atoms. The summed E-state index contributed by atoms with van der Waals surface area (Å²) in [6, 6.07) is 7.00. The molecule has 3 rings (SSSR count). The second kappa shape index (κ2) is 5.04. The average Bonchev–Trinajstić information content (AvgIpc) is 2.83. The van der Waals surface area contributed by atoms with E-state index in [2.05, 4.69) is 37.4 Å². The molecule has 0 aliphatic carbocycles. The van der Waals surface area contributed by atoms with Crippen molar-refractivity contribution in [2.24, 2.45) is 5.41 Å². The summed E-state index contributed by atoms with van der Waals surface area (Å²) in [5.74, 6) is 1.79. The lowest BCUT2D eigenvalue weighted by Crippen LogP contribution is -2.26. The van der Waals surface area contributed by atoms with Gasteiger partial charge in [0.15, 0.2) is 11.5 Å². The predicted molar refractivity (Wildman–Crippen MR) is 75.9 cm³/mol. The molecule has 2 aliphatic rings. The summed E-state index contributed by atoms with van der Waals surface area (Å²) in [5, 5.41) is 3.54. The molecule has 3 heteroatoms. The van der Waals surface area contributed by atoms with Crippen LogP contribution in [-0.2, 0) is 6.42 Å². The second-order valence-corrected chi connectivity index (χ2v) is 6.52. The summed E-state index contributed by atoms with van der Waals surface area (Å²) >= 11 is 0. The molecule has 0 radical (unpaired) electrons. The molecule has 0 bridgehead atoms. The normalized spacial score (nSPS) is 25.1. The van der Waals surface area contributed by atoms with E-state index in [1.807, 2.05) is 0 Å². The number of ether oxygens (including phenoxy) is 2. The highest BCUT2D eigenvalue weighted by atomic mass is 16.5. The number of benzene rings is 1. The Morgan fingerprint density at radius 1 is 1.21 bits per heavy atom. The first-order chi connectivity index (χ1) is 9.12. The fourth-order valence-electron chi connectivity index (χ4n) is 2.71. The van der Waals surface area contributed by atoms with Gasteiger partial charge in [-0.15, -0.1) is 0 Å². The van der Waals surface area contributed by atoms with E-state index in [0.29, 0.717) is 19.3 Å². The Bertz CT molecular complexity index is 450. The molecule has 1 fully saturated rings. The summed E-state index contributed by atoms with van der Waals surface area (Å²) in [5.41, 5.74) is 1.41. The molecule has 0 amide bonds. The van der Waals surface area contributed by atoms with Crippen LogP contribution in [-0.4, -0.2) is 25.8 Å². The van der Waals surface area contributed by atoms with Crippen LogP contribution in [0.5, 0.6) is 11.5 Å². The average molecular weight is 261 g/mol. The van der Waals surface area contributed by atoms with Crippen molar-refractivity contribution >= 4 is 0 Å². The standard InChI is InChI=1S/C16H23NO2/c1-16(2)10-18-14-6-5-12(9-15(14)19-11-16)8-13-4-3-7-17-13/h5-6,9,13,17H,3-4,7-8,10-11H2,1-2H3. The number of rotatable bonds is 2. The van der Waals surface area contributed by atoms with E-state index >= 15 is 0 Å². The molecule has 0 aromatic heterocycles. The van der Waals surface area contributed by atoms with Crippen molar-refractivity contribution < 1.29 is 9.47 Å². The Labute approximate surface area is 115 Å². The third-order valence-electron chi connectivity index (χ3n) is 3.89. The van der Waals surface area contributed by atoms with E-state index in [1.54, 1.807) is 0 Å². The number of fused-ring (bicyclic) bond motifs is 1. The second-order valence-electron chi connectivity index (χ2n) is 6.52. The minimum atomic E-state index is 0.0756. The van der Waals surface area contributed by atoms with E-state index in [9.17, 15) is 0 Å². The summed E-state index contributed by atoms with van der Waals surface area (Å²) in [7, 11) is 0. The van der Waals surface area contributed by atoms with E-state index in [-0.39, 0.29) is 5.41 Å². The van der Waals surface area contributed by atoms with Crippen LogP contribution < -0.4 is 14.8 Å². The van der Waals surface area contributed by atoms with E-state index in [1.165, 1.54) is 18.4 Å². The maximum absolute atomic E-state index is 5.92. The molecular formula is C16H23NO2. The van der Waals surface area contributed by atoms with Crippen molar-refractivity contribution in [3.05, 3.63) is 23.8 Å². The first-order valence-corrected chi connectivity index (χ1v) is 7.24. The first-order valence-electron chi connectivity index (χ1n) is 7.24. The lowest BCUT2D eigenvalue weighted by Gasteiger charge is -2.19. The zero-order chi connectivity index (χ0) is 13.3. The minimum absolute atomic E-state index is 0.0756. The van der Waals surface area contributed by atoms with Crippen LogP contribution in [0.15, 0.2) is 18.2 Å². The predicted octanol–water partition coefficient (Wildman–Crippen LogP) is 2.78. The SMILES string of the molecule is CC1(C)COc2ccc(CC3CCCN3)cc2OC1. The molecule has 2 heterocycles.